The highest BCUT2D eigenvalue weighted by Gasteiger charge is 2.34. The summed E-state index contributed by atoms with van der Waals surface area (Å²) in [5, 5.41) is 0. The summed E-state index contributed by atoms with van der Waals surface area (Å²) in [5.74, 6) is 2.20. The molecule has 0 radical (unpaired) electrons. The van der Waals surface area contributed by atoms with Crippen molar-refractivity contribution < 1.29 is 4.74 Å². The van der Waals surface area contributed by atoms with E-state index in [4.69, 9.17) is 15.5 Å². The quantitative estimate of drug-likeness (QED) is 0.895. The van der Waals surface area contributed by atoms with Crippen LogP contribution >= 0.6 is 0 Å². The molecule has 0 aliphatic heterocycles. The maximum atomic E-state index is 6.32. The number of imidazole rings is 1. The molecule has 1 aromatic rings. The van der Waals surface area contributed by atoms with Gasteiger partial charge in [-0.25, -0.2) is 4.98 Å². The van der Waals surface area contributed by atoms with E-state index < -0.39 is 0 Å². The van der Waals surface area contributed by atoms with Gasteiger partial charge in [-0.05, 0) is 12.8 Å². The highest BCUT2D eigenvalue weighted by molar-refractivity contribution is 5.43. The average Bonchev–Trinajstić information content (AvgIpc) is 3.01. The molecule has 1 saturated carbocycles. The molecule has 18 heavy (non-hydrogen) atoms. The number of nitrogens with two attached hydrogens (primary N) is 1. The number of hydrogen-bond donors (Lipinski definition) is 1. The minimum Gasteiger partial charge on any atom is -0.384 e. The standard InChI is InChI=1S/C14H25N3O/c1-9(8-18-5)11-12(15)17(10-6-7-10)13(16-11)14(2,3)4/h9-10H,6-8,15H2,1-5H3. The molecule has 1 aromatic heterocycles. The topological polar surface area (TPSA) is 53.1 Å². The van der Waals surface area contributed by atoms with Crippen molar-refractivity contribution in [2.75, 3.05) is 19.5 Å². The van der Waals surface area contributed by atoms with E-state index in [0.29, 0.717) is 12.6 Å². The van der Waals surface area contributed by atoms with Crippen LogP contribution < -0.4 is 5.73 Å². The summed E-state index contributed by atoms with van der Waals surface area (Å²) in [4.78, 5) is 4.82. The molecule has 102 valence electrons. The fourth-order valence-electron chi connectivity index (χ4n) is 2.39. The molecular weight excluding hydrogens is 226 g/mol. The predicted molar refractivity (Wildman–Crippen MR) is 73.9 cm³/mol. The van der Waals surface area contributed by atoms with Crippen molar-refractivity contribution >= 4 is 5.82 Å². The van der Waals surface area contributed by atoms with Crippen molar-refractivity contribution in [1.82, 2.24) is 9.55 Å². The van der Waals surface area contributed by atoms with Crippen LogP contribution in [0.5, 0.6) is 0 Å². The Morgan fingerprint density at radius 1 is 1.44 bits per heavy atom. The van der Waals surface area contributed by atoms with Crippen molar-refractivity contribution in [2.45, 2.75) is 57.9 Å². The Bertz CT molecular complexity index is 427. The number of nitrogen functional groups attached to an aromatic ring is 1. The summed E-state index contributed by atoms with van der Waals surface area (Å²) in [7, 11) is 1.72. The zero-order valence-corrected chi connectivity index (χ0v) is 12.2. The first-order chi connectivity index (χ1) is 8.36. The molecular formula is C14H25N3O. The summed E-state index contributed by atoms with van der Waals surface area (Å²) in [6.45, 7) is 9.36. The van der Waals surface area contributed by atoms with Crippen molar-refractivity contribution in [3.63, 3.8) is 0 Å². The zero-order chi connectivity index (χ0) is 13.5. The molecule has 2 rings (SSSR count). The van der Waals surface area contributed by atoms with Crippen LogP contribution in [0.2, 0.25) is 0 Å². The number of rotatable bonds is 4. The molecule has 2 N–H and O–H groups in total. The van der Waals surface area contributed by atoms with Crippen molar-refractivity contribution in [3.05, 3.63) is 11.5 Å². The second-order valence-corrected chi connectivity index (χ2v) is 6.41. The highest BCUT2D eigenvalue weighted by Crippen LogP contribution is 2.42. The van der Waals surface area contributed by atoms with Crippen LogP contribution in [0.1, 0.15) is 64.0 Å². The van der Waals surface area contributed by atoms with Crippen LogP contribution in [-0.2, 0) is 10.2 Å². The van der Waals surface area contributed by atoms with Crippen LogP contribution in [-0.4, -0.2) is 23.3 Å². The molecule has 0 amide bonds. The van der Waals surface area contributed by atoms with Gasteiger partial charge in [-0.2, -0.15) is 0 Å². The molecule has 1 aliphatic rings. The number of hydrogen-bond acceptors (Lipinski definition) is 3. The minimum absolute atomic E-state index is 0.0295. The molecule has 1 unspecified atom stereocenters. The molecule has 0 saturated heterocycles. The first-order valence-corrected chi connectivity index (χ1v) is 6.73. The largest absolute Gasteiger partial charge is 0.384 e. The first-order valence-electron chi connectivity index (χ1n) is 6.73. The predicted octanol–water partition coefficient (Wildman–Crippen LogP) is 2.85. The summed E-state index contributed by atoms with van der Waals surface area (Å²) in [6, 6.07) is 0.565. The lowest BCUT2D eigenvalue weighted by atomic mass is 9.95. The Morgan fingerprint density at radius 2 is 2.06 bits per heavy atom. The lowest BCUT2D eigenvalue weighted by Crippen LogP contribution is -2.19. The van der Waals surface area contributed by atoms with Gasteiger partial charge in [0.05, 0.1) is 12.3 Å². The van der Waals surface area contributed by atoms with E-state index in [1.807, 2.05) is 0 Å². The summed E-state index contributed by atoms with van der Waals surface area (Å²) < 4.78 is 7.47. The van der Waals surface area contributed by atoms with Gasteiger partial charge in [0.1, 0.15) is 11.6 Å². The molecule has 1 atom stereocenters. The van der Waals surface area contributed by atoms with Gasteiger partial charge in [-0.1, -0.05) is 27.7 Å². The van der Waals surface area contributed by atoms with Crippen molar-refractivity contribution in [3.8, 4) is 0 Å². The highest BCUT2D eigenvalue weighted by atomic mass is 16.5. The van der Waals surface area contributed by atoms with Gasteiger partial charge in [0.25, 0.3) is 0 Å². The summed E-state index contributed by atoms with van der Waals surface area (Å²) >= 11 is 0. The normalized spacial score (nSPS) is 18.1. The molecule has 0 aromatic carbocycles. The van der Waals surface area contributed by atoms with Crippen LogP contribution in [0.15, 0.2) is 0 Å². The van der Waals surface area contributed by atoms with E-state index >= 15 is 0 Å². The Labute approximate surface area is 110 Å². The van der Waals surface area contributed by atoms with Gasteiger partial charge in [0.15, 0.2) is 0 Å². The lowest BCUT2D eigenvalue weighted by Gasteiger charge is -2.20. The third-order valence-electron chi connectivity index (χ3n) is 3.44. The average molecular weight is 251 g/mol. The van der Waals surface area contributed by atoms with E-state index in [1.54, 1.807) is 7.11 Å². The molecule has 4 nitrogen and oxygen atoms in total. The molecule has 1 fully saturated rings. The zero-order valence-electron chi connectivity index (χ0n) is 12.2. The number of aromatic nitrogens is 2. The maximum Gasteiger partial charge on any atom is 0.127 e. The van der Waals surface area contributed by atoms with E-state index in [1.165, 1.54) is 12.8 Å². The molecule has 1 heterocycles. The first kappa shape index (κ1) is 13.4. The Hall–Kier alpha value is -1.03. The number of nitrogens with zero attached hydrogens (tertiary/aromatic N) is 2. The third kappa shape index (κ3) is 2.39. The summed E-state index contributed by atoms with van der Waals surface area (Å²) in [5.41, 5.74) is 7.34. The molecule has 0 spiro atoms. The maximum absolute atomic E-state index is 6.32. The number of anilines is 1. The Morgan fingerprint density at radius 3 is 2.50 bits per heavy atom. The van der Waals surface area contributed by atoms with Gasteiger partial charge in [-0.3, -0.25) is 0 Å². The van der Waals surface area contributed by atoms with Gasteiger partial charge >= 0.3 is 0 Å². The van der Waals surface area contributed by atoms with Crippen LogP contribution in [0.4, 0.5) is 5.82 Å². The summed E-state index contributed by atoms with van der Waals surface area (Å²) in [6.07, 6.45) is 2.45. The molecule has 4 heteroatoms. The fraction of sp³-hybridized carbons (Fsp3) is 0.786. The second kappa shape index (κ2) is 4.57. The van der Waals surface area contributed by atoms with Crippen LogP contribution in [0, 0.1) is 0 Å². The van der Waals surface area contributed by atoms with Gasteiger partial charge < -0.3 is 15.0 Å². The Balaban J connectivity index is 2.44. The van der Waals surface area contributed by atoms with Crippen LogP contribution in [0.25, 0.3) is 0 Å². The SMILES string of the molecule is COCC(C)c1nc(C(C)(C)C)n(C2CC2)c1N. The smallest absolute Gasteiger partial charge is 0.127 e. The number of methoxy groups -OCH3 is 1. The fourth-order valence-corrected chi connectivity index (χ4v) is 2.39. The second-order valence-electron chi connectivity index (χ2n) is 6.41. The van der Waals surface area contributed by atoms with E-state index in [0.717, 1.165) is 17.3 Å². The van der Waals surface area contributed by atoms with Gasteiger partial charge in [0, 0.05) is 24.5 Å². The van der Waals surface area contributed by atoms with E-state index in [-0.39, 0.29) is 11.3 Å². The lowest BCUT2D eigenvalue weighted by molar-refractivity contribution is 0.183. The molecule has 0 bridgehead atoms. The molecule has 1 aliphatic carbocycles. The van der Waals surface area contributed by atoms with Crippen molar-refractivity contribution in [1.29, 1.82) is 0 Å². The Kier molecular flexibility index (Phi) is 3.41. The number of ether oxygens (including phenoxy) is 1. The van der Waals surface area contributed by atoms with Crippen LogP contribution in [0.3, 0.4) is 0 Å². The van der Waals surface area contributed by atoms with E-state index in [9.17, 15) is 0 Å². The monoisotopic (exact) mass is 251 g/mol. The van der Waals surface area contributed by atoms with Crippen molar-refractivity contribution in [2.24, 2.45) is 0 Å². The third-order valence-corrected chi connectivity index (χ3v) is 3.44. The van der Waals surface area contributed by atoms with Gasteiger partial charge in [-0.15, -0.1) is 0 Å². The minimum atomic E-state index is 0.0295. The van der Waals surface area contributed by atoms with E-state index in [2.05, 4.69) is 32.3 Å². The van der Waals surface area contributed by atoms with Gasteiger partial charge in [0.2, 0.25) is 0 Å².